The highest BCUT2D eigenvalue weighted by atomic mass is 35.5. The van der Waals surface area contributed by atoms with Gasteiger partial charge in [-0.25, -0.2) is 22.2 Å². The molecule has 0 unspecified atom stereocenters. The zero-order valence-electron chi connectivity index (χ0n) is 18.7. The highest BCUT2D eigenvalue weighted by Gasteiger charge is 2.41. The molecule has 0 saturated carbocycles. The predicted molar refractivity (Wildman–Crippen MR) is 123 cm³/mol. The Kier molecular flexibility index (Phi) is 7.28. The number of sulfonamides is 1. The van der Waals surface area contributed by atoms with Crippen molar-refractivity contribution in [2.45, 2.75) is 36.2 Å². The van der Waals surface area contributed by atoms with Gasteiger partial charge in [0.05, 0.1) is 11.3 Å². The molecule has 2 saturated heterocycles. The lowest BCUT2D eigenvalue weighted by Crippen LogP contribution is -2.48. The molecule has 3 heterocycles. The summed E-state index contributed by atoms with van der Waals surface area (Å²) < 4.78 is 76.5. The number of hydrogen-bond acceptors (Lipinski definition) is 6. The molecule has 0 bridgehead atoms. The number of ether oxygens (including phenoxy) is 1. The molecule has 2 fully saturated rings. The number of aromatic nitrogens is 1. The van der Waals surface area contributed by atoms with Crippen LogP contribution in [0.5, 0.6) is 0 Å². The summed E-state index contributed by atoms with van der Waals surface area (Å²) in [7, 11) is -3.14. The molecule has 34 heavy (non-hydrogen) atoms. The maximum Gasteiger partial charge on any atom is 0.268 e. The van der Waals surface area contributed by atoms with Crippen LogP contribution in [0.1, 0.15) is 25.7 Å². The lowest BCUT2D eigenvalue weighted by Gasteiger charge is -2.36. The molecule has 186 valence electrons. The van der Waals surface area contributed by atoms with Crippen molar-refractivity contribution in [1.82, 2.24) is 9.88 Å². The Labute approximate surface area is 201 Å². The summed E-state index contributed by atoms with van der Waals surface area (Å²) in [4.78, 5) is 6.15. The van der Waals surface area contributed by atoms with Crippen LogP contribution in [0.2, 0.25) is 5.02 Å². The van der Waals surface area contributed by atoms with Gasteiger partial charge < -0.3 is 14.5 Å². The van der Waals surface area contributed by atoms with E-state index in [0.717, 1.165) is 44.1 Å². The Hall–Kier alpha value is -2.08. The fourth-order valence-electron chi connectivity index (χ4n) is 4.63. The molecule has 0 radical (unpaired) electrons. The number of methoxy groups -OCH3 is 1. The molecule has 2 aliphatic heterocycles. The molecule has 7 nitrogen and oxygen atoms in total. The molecule has 1 aromatic heterocycles. The lowest BCUT2D eigenvalue weighted by atomic mass is 10.0. The number of benzene rings is 1. The highest BCUT2D eigenvalue weighted by Crippen LogP contribution is 2.39. The molecule has 0 aliphatic carbocycles. The Balaban J connectivity index is 1.59. The smallest absolute Gasteiger partial charge is 0.268 e. The van der Waals surface area contributed by atoms with Gasteiger partial charge in [-0.05, 0) is 44.5 Å². The van der Waals surface area contributed by atoms with Gasteiger partial charge in [0.1, 0.15) is 16.7 Å². The summed E-state index contributed by atoms with van der Waals surface area (Å²) in [6, 6.07) is 4.28. The molecule has 2 aromatic rings. The number of pyridine rings is 1. The summed E-state index contributed by atoms with van der Waals surface area (Å²) in [5, 5.41) is -0.515. The summed E-state index contributed by atoms with van der Waals surface area (Å²) >= 11 is 6.21. The van der Waals surface area contributed by atoms with Gasteiger partial charge in [-0.15, -0.1) is 0 Å². The maximum absolute atomic E-state index is 15.1. The third-order valence-corrected chi connectivity index (χ3v) is 8.12. The quantitative estimate of drug-likeness (QED) is 0.440. The lowest BCUT2D eigenvalue weighted by molar-refractivity contribution is -0.0231. The van der Waals surface area contributed by atoms with E-state index in [-0.39, 0.29) is 5.69 Å². The zero-order chi connectivity index (χ0) is 24.5. The molecule has 0 amide bonds. The minimum Gasteiger partial charge on any atom is -0.375 e. The minimum atomic E-state index is -4.76. The first-order valence-corrected chi connectivity index (χ1v) is 12.9. The van der Waals surface area contributed by atoms with Crippen LogP contribution in [-0.2, 0) is 14.8 Å². The normalized spacial score (nSPS) is 21.7. The van der Waals surface area contributed by atoms with Crippen LogP contribution in [-0.4, -0.2) is 63.7 Å². The van der Waals surface area contributed by atoms with E-state index < -0.39 is 48.9 Å². The number of halogens is 4. The summed E-state index contributed by atoms with van der Waals surface area (Å²) in [6.07, 6.45) is 4.09. The Morgan fingerprint density at radius 1 is 1.18 bits per heavy atom. The van der Waals surface area contributed by atoms with Gasteiger partial charge in [-0.3, -0.25) is 4.72 Å². The van der Waals surface area contributed by atoms with E-state index in [2.05, 4.69) is 9.88 Å². The van der Waals surface area contributed by atoms with Crippen LogP contribution in [0.4, 0.5) is 24.7 Å². The van der Waals surface area contributed by atoms with Crippen molar-refractivity contribution < 1.29 is 26.3 Å². The SMILES string of the molecule is CO[C@@]1(CN2CCCCC2)CCN(c2cc(F)c(S(=O)(=O)Nc3cccc(F)n3)c(F)c2Cl)C1. The average Bonchev–Trinajstić information content (AvgIpc) is 3.20. The van der Waals surface area contributed by atoms with E-state index in [0.29, 0.717) is 26.1 Å². The molecular formula is C22H26ClF3N4O3S. The first-order chi connectivity index (χ1) is 16.1. The number of anilines is 2. The maximum atomic E-state index is 15.1. The van der Waals surface area contributed by atoms with Gasteiger partial charge in [-0.1, -0.05) is 24.1 Å². The molecular weight excluding hydrogens is 493 g/mol. The van der Waals surface area contributed by atoms with Crippen molar-refractivity contribution in [3.8, 4) is 0 Å². The van der Waals surface area contributed by atoms with Crippen molar-refractivity contribution in [3.05, 3.63) is 46.9 Å². The van der Waals surface area contributed by atoms with Crippen molar-refractivity contribution in [1.29, 1.82) is 0 Å². The van der Waals surface area contributed by atoms with Gasteiger partial charge in [0.25, 0.3) is 10.0 Å². The topological polar surface area (TPSA) is 74.8 Å². The van der Waals surface area contributed by atoms with Gasteiger partial charge in [-0.2, -0.15) is 4.39 Å². The zero-order valence-corrected chi connectivity index (χ0v) is 20.2. The number of piperidine rings is 1. The van der Waals surface area contributed by atoms with Gasteiger partial charge in [0, 0.05) is 32.8 Å². The van der Waals surface area contributed by atoms with Crippen LogP contribution in [0.25, 0.3) is 0 Å². The molecule has 1 N–H and O–H groups in total. The van der Waals surface area contributed by atoms with E-state index in [1.807, 2.05) is 4.72 Å². The Bertz CT molecular complexity index is 1160. The van der Waals surface area contributed by atoms with Crippen LogP contribution >= 0.6 is 11.6 Å². The number of nitrogens with zero attached hydrogens (tertiary/aromatic N) is 3. The largest absolute Gasteiger partial charge is 0.375 e. The average molecular weight is 519 g/mol. The Morgan fingerprint density at radius 2 is 1.91 bits per heavy atom. The second kappa shape index (κ2) is 9.88. The van der Waals surface area contributed by atoms with Crippen LogP contribution < -0.4 is 9.62 Å². The second-order valence-corrected chi connectivity index (χ2v) is 10.7. The molecule has 0 spiro atoms. The summed E-state index contributed by atoms with van der Waals surface area (Å²) in [6.45, 7) is 3.46. The van der Waals surface area contributed by atoms with E-state index in [9.17, 15) is 17.2 Å². The molecule has 2 aliphatic rings. The van der Waals surface area contributed by atoms with E-state index >= 15 is 4.39 Å². The Morgan fingerprint density at radius 3 is 2.59 bits per heavy atom. The minimum absolute atomic E-state index is 0.0528. The fourth-order valence-corrected chi connectivity index (χ4v) is 6.10. The van der Waals surface area contributed by atoms with Gasteiger partial charge in [0.2, 0.25) is 5.95 Å². The van der Waals surface area contributed by atoms with Crippen molar-refractivity contribution in [2.75, 3.05) is 49.5 Å². The first kappa shape index (κ1) is 25.0. The van der Waals surface area contributed by atoms with Crippen LogP contribution in [0, 0.1) is 17.6 Å². The third kappa shape index (κ3) is 5.12. The predicted octanol–water partition coefficient (Wildman–Crippen LogP) is 4.03. The summed E-state index contributed by atoms with van der Waals surface area (Å²) in [5.41, 5.74) is -0.472. The van der Waals surface area contributed by atoms with E-state index in [1.165, 1.54) is 12.5 Å². The summed E-state index contributed by atoms with van der Waals surface area (Å²) in [5.74, 6) is -4.10. The van der Waals surface area contributed by atoms with Gasteiger partial charge in [0.15, 0.2) is 10.7 Å². The standard InChI is InChI=1S/C22H26ClF3N4O3S/c1-33-22(13-29-9-3-2-4-10-29)8-11-30(14-22)16-12-15(24)21(20(26)19(16)23)34(31,32)28-18-7-5-6-17(25)27-18/h5-7,12H,2-4,8-11,13-14H2,1H3,(H,27,28)/t22-/m1/s1. The fraction of sp³-hybridized carbons (Fsp3) is 0.500. The van der Waals surface area contributed by atoms with Gasteiger partial charge >= 0.3 is 0 Å². The van der Waals surface area contributed by atoms with Crippen molar-refractivity contribution in [3.63, 3.8) is 0 Å². The molecule has 1 atom stereocenters. The number of nitrogens with one attached hydrogen (secondary N) is 1. The highest BCUT2D eigenvalue weighted by molar-refractivity contribution is 7.92. The van der Waals surface area contributed by atoms with Crippen LogP contribution in [0.3, 0.4) is 0 Å². The monoisotopic (exact) mass is 518 g/mol. The molecule has 12 heteroatoms. The van der Waals surface area contributed by atoms with E-state index in [4.69, 9.17) is 16.3 Å². The van der Waals surface area contributed by atoms with E-state index in [1.54, 1.807) is 12.0 Å². The number of rotatable bonds is 7. The second-order valence-electron chi connectivity index (χ2n) is 8.68. The number of likely N-dealkylation sites (tertiary alicyclic amines) is 1. The number of hydrogen-bond donors (Lipinski definition) is 1. The van der Waals surface area contributed by atoms with Crippen molar-refractivity contribution in [2.24, 2.45) is 0 Å². The molecule has 1 aromatic carbocycles. The first-order valence-electron chi connectivity index (χ1n) is 11.0. The van der Waals surface area contributed by atoms with Crippen LogP contribution in [0.15, 0.2) is 29.2 Å². The molecule has 4 rings (SSSR count). The van der Waals surface area contributed by atoms with Crippen molar-refractivity contribution >= 4 is 33.1 Å². The third-order valence-electron chi connectivity index (χ3n) is 6.37.